The Balaban J connectivity index is 1.35. The zero-order chi connectivity index (χ0) is 21.9. The van der Waals surface area contributed by atoms with Crippen LogP contribution in [0.25, 0.3) is 10.9 Å². The predicted molar refractivity (Wildman–Crippen MR) is 129 cm³/mol. The summed E-state index contributed by atoms with van der Waals surface area (Å²) in [5, 5.41) is 1.02. The molecule has 2 heterocycles. The lowest BCUT2D eigenvalue weighted by Crippen LogP contribution is -2.48. The number of rotatable bonds is 5. The van der Waals surface area contributed by atoms with Crippen molar-refractivity contribution in [2.75, 3.05) is 38.2 Å². The maximum Gasteiger partial charge on any atom is 0.256 e. The maximum atomic E-state index is 13.5. The van der Waals surface area contributed by atoms with E-state index in [-0.39, 0.29) is 5.91 Å². The zero-order valence-electron chi connectivity index (χ0n) is 18.3. The Kier molecular flexibility index (Phi) is 5.55. The number of methoxy groups -OCH3 is 1. The van der Waals surface area contributed by atoms with Crippen molar-refractivity contribution in [1.82, 2.24) is 9.47 Å². The summed E-state index contributed by atoms with van der Waals surface area (Å²) in [6.45, 7) is 3.77. The largest absolute Gasteiger partial charge is 0.497 e. The molecule has 1 aliphatic rings. The number of piperazine rings is 1. The first kappa shape index (κ1) is 20.2. The lowest BCUT2D eigenvalue weighted by atomic mass is 10.1. The highest BCUT2D eigenvalue weighted by Crippen LogP contribution is 2.26. The van der Waals surface area contributed by atoms with Gasteiger partial charge in [-0.05, 0) is 23.8 Å². The Bertz CT molecular complexity index is 1220. The second-order valence-electron chi connectivity index (χ2n) is 8.15. The Morgan fingerprint density at radius 1 is 0.875 bits per heavy atom. The van der Waals surface area contributed by atoms with Crippen LogP contribution in [-0.4, -0.2) is 48.7 Å². The Hall–Kier alpha value is -3.73. The van der Waals surface area contributed by atoms with Gasteiger partial charge in [-0.15, -0.1) is 0 Å². The second kappa shape index (κ2) is 8.79. The first-order chi connectivity index (χ1) is 15.7. The Labute approximate surface area is 188 Å². The number of carbonyl (C=O) groups excluding carboxylic acids is 1. The summed E-state index contributed by atoms with van der Waals surface area (Å²) in [7, 11) is 1.68. The van der Waals surface area contributed by atoms with E-state index in [1.54, 1.807) is 7.11 Å². The number of carbonyl (C=O) groups is 1. The van der Waals surface area contributed by atoms with Crippen LogP contribution in [0, 0.1) is 0 Å². The molecule has 0 atom stereocenters. The molecule has 1 saturated heterocycles. The lowest BCUT2D eigenvalue weighted by molar-refractivity contribution is 0.0748. The van der Waals surface area contributed by atoms with Crippen LogP contribution in [-0.2, 0) is 6.54 Å². The summed E-state index contributed by atoms with van der Waals surface area (Å²) < 4.78 is 7.54. The summed E-state index contributed by atoms with van der Waals surface area (Å²) in [5.41, 5.74) is 4.23. The van der Waals surface area contributed by atoms with Gasteiger partial charge in [0.2, 0.25) is 0 Å². The van der Waals surface area contributed by atoms with Crippen molar-refractivity contribution in [3.05, 3.63) is 96.2 Å². The fraction of sp³-hybridized carbons (Fsp3) is 0.222. The molecule has 1 aromatic heterocycles. The van der Waals surface area contributed by atoms with E-state index in [2.05, 4.69) is 58.0 Å². The molecule has 162 valence electrons. The van der Waals surface area contributed by atoms with Crippen molar-refractivity contribution < 1.29 is 9.53 Å². The van der Waals surface area contributed by atoms with Crippen LogP contribution >= 0.6 is 0 Å². The van der Waals surface area contributed by atoms with E-state index in [9.17, 15) is 4.79 Å². The molecule has 0 spiro atoms. The first-order valence-electron chi connectivity index (χ1n) is 11.0. The van der Waals surface area contributed by atoms with E-state index in [1.165, 1.54) is 5.56 Å². The van der Waals surface area contributed by atoms with E-state index < -0.39 is 0 Å². The minimum absolute atomic E-state index is 0.110. The number of amides is 1. The number of anilines is 1. The average molecular weight is 426 g/mol. The van der Waals surface area contributed by atoms with Gasteiger partial charge >= 0.3 is 0 Å². The summed E-state index contributed by atoms with van der Waals surface area (Å²) in [4.78, 5) is 17.8. The van der Waals surface area contributed by atoms with Crippen LogP contribution in [0.4, 0.5) is 5.69 Å². The summed E-state index contributed by atoms with van der Waals surface area (Å²) >= 11 is 0. The van der Waals surface area contributed by atoms with Crippen molar-refractivity contribution in [1.29, 1.82) is 0 Å². The van der Waals surface area contributed by atoms with Crippen molar-refractivity contribution in [3.63, 3.8) is 0 Å². The van der Waals surface area contributed by atoms with Gasteiger partial charge in [0.15, 0.2) is 0 Å². The highest BCUT2D eigenvalue weighted by molar-refractivity contribution is 6.07. The van der Waals surface area contributed by atoms with Gasteiger partial charge in [-0.2, -0.15) is 0 Å². The second-order valence-corrected chi connectivity index (χ2v) is 8.15. The molecule has 5 rings (SSSR count). The summed E-state index contributed by atoms with van der Waals surface area (Å²) in [5.74, 6) is 0.963. The predicted octanol–water partition coefficient (Wildman–Crippen LogP) is 4.66. The van der Waals surface area contributed by atoms with Gasteiger partial charge in [0.25, 0.3) is 5.91 Å². The summed E-state index contributed by atoms with van der Waals surface area (Å²) in [6.07, 6.45) is 2.02. The number of benzene rings is 3. The molecule has 4 aromatic rings. The molecule has 0 radical (unpaired) electrons. The molecule has 3 aromatic carbocycles. The van der Waals surface area contributed by atoms with Gasteiger partial charge in [0.1, 0.15) is 5.75 Å². The van der Waals surface area contributed by atoms with Gasteiger partial charge in [-0.1, -0.05) is 54.6 Å². The third kappa shape index (κ3) is 3.94. The number of para-hydroxylation sites is 1. The molecule has 0 unspecified atom stereocenters. The molecule has 1 amide bonds. The minimum atomic E-state index is 0.110. The third-order valence-electron chi connectivity index (χ3n) is 6.20. The van der Waals surface area contributed by atoms with Crippen LogP contribution in [0.5, 0.6) is 5.75 Å². The molecule has 32 heavy (non-hydrogen) atoms. The van der Waals surface area contributed by atoms with Crippen molar-refractivity contribution in [3.8, 4) is 5.75 Å². The Morgan fingerprint density at radius 2 is 1.62 bits per heavy atom. The molecular formula is C27H27N3O2. The first-order valence-corrected chi connectivity index (χ1v) is 11.0. The number of fused-ring (bicyclic) bond motifs is 1. The fourth-order valence-electron chi connectivity index (χ4n) is 4.47. The quantitative estimate of drug-likeness (QED) is 0.467. The average Bonchev–Trinajstić information content (AvgIpc) is 3.23. The zero-order valence-corrected chi connectivity index (χ0v) is 18.3. The molecule has 5 heteroatoms. The highest BCUT2D eigenvalue weighted by Gasteiger charge is 2.25. The van der Waals surface area contributed by atoms with E-state index in [0.717, 1.165) is 47.5 Å². The lowest BCUT2D eigenvalue weighted by Gasteiger charge is -2.36. The van der Waals surface area contributed by atoms with Crippen LogP contribution in [0.3, 0.4) is 0 Å². The van der Waals surface area contributed by atoms with Crippen LogP contribution in [0.1, 0.15) is 15.9 Å². The maximum absolute atomic E-state index is 13.5. The molecular weight excluding hydrogens is 398 g/mol. The van der Waals surface area contributed by atoms with E-state index >= 15 is 0 Å². The molecule has 1 aliphatic heterocycles. The van der Waals surface area contributed by atoms with Crippen LogP contribution in [0.2, 0.25) is 0 Å². The summed E-state index contributed by atoms with van der Waals surface area (Å²) in [6, 6.07) is 26.7. The molecule has 0 aliphatic carbocycles. The fourth-order valence-corrected chi connectivity index (χ4v) is 4.47. The molecule has 0 saturated carbocycles. The standard InChI is InChI=1S/C27H27N3O2/c1-32-23-11-7-10-22(18-23)28-14-16-29(17-15-28)27(31)25-20-30(19-21-8-3-2-4-9-21)26-13-6-5-12-24(25)26/h2-13,18,20H,14-17,19H2,1H3. The number of ether oxygens (including phenoxy) is 1. The SMILES string of the molecule is COc1cccc(N2CCN(C(=O)c3cn(Cc4ccccc4)c4ccccc34)CC2)c1. The van der Waals surface area contributed by atoms with Gasteiger partial charge < -0.3 is 19.1 Å². The van der Waals surface area contributed by atoms with Crippen molar-refractivity contribution in [2.24, 2.45) is 0 Å². The highest BCUT2D eigenvalue weighted by atomic mass is 16.5. The van der Waals surface area contributed by atoms with Gasteiger partial charge in [0, 0.05) is 61.6 Å². The van der Waals surface area contributed by atoms with Gasteiger partial charge in [-0.25, -0.2) is 0 Å². The van der Waals surface area contributed by atoms with Crippen LogP contribution < -0.4 is 9.64 Å². The molecule has 0 bridgehead atoms. The molecule has 0 N–H and O–H groups in total. The normalized spacial score (nSPS) is 14.0. The van der Waals surface area contributed by atoms with Crippen LogP contribution in [0.15, 0.2) is 85.1 Å². The van der Waals surface area contributed by atoms with E-state index in [1.807, 2.05) is 41.4 Å². The van der Waals surface area contributed by atoms with Crippen molar-refractivity contribution in [2.45, 2.75) is 6.54 Å². The number of nitrogens with zero attached hydrogens (tertiary/aromatic N) is 3. The van der Waals surface area contributed by atoms with Gasteiger partial charge in [0.05, 0.1) is 12.7 Å². The smallest absolute Gasteiger partial charge is 0.256 e. The number of hydrogen-bond acceptors (Lipinski definition) is 3. The monoisotopic (exact) mass is 425 g/mol. The topological polar surface area (TPSA) is 37.7 Å². The molecule has 5 nitrogen and oxygen atoms in total. The Morgan fingerprint density at radius 3 is 2.41 bits per heavy atom. The van der Waals surface area contributed by atoms with E-state index in [0.29, 0.717) is 13.1 Å². The third-order valence-corrected chi connectivity index (χ3v) is 6.20. The number of aromatic nitrogens is 1. The minimum Gasteiger partial charge on any atom is -0.497 e. The van der Waals surface area contributed by atoms with Gasteiger partial charge in [-0.3, -0.25) is 4.79 Å². The van der Waals surface area contributed by atoms with E-state index in [4.69, 9.17) is 4.74 Å². The van der Waals surface area contributed by atoms with Crippen molar-refractivity contribution >= 4 is 22.5 Å². The number of hydrogen-bond donors (Lipinski definition) is 0. The molecule has 1 fully saturated rings.